The van der Waals surface area contributed by atoms with Gasteiger partial charge in [-0.2, -0.15) is 0 Å². The van der Waals surface area contributed by atoms with Gasteiger partial charge in [0.05, 0.1) is 0 Å². The molecule has 0 rings (SSSR count). The molecule has 0 aliphatic heterocycles. The predicted molar refractivity (Wildman–Crippen MR) is 27.1 cm³/mol. The van der Waals surface area contributed by atoms with Crippen molar-refractivity contribution in [1.82, 2.24) is 0 Å². The Hall–Kier alpha value is -0.830. The molecule has 0 radical (unpaired) electrons. The van der Waals surface area contributed by atoms with E-state index in [1.807, 2.05) is 0 Å². The van der Waals surface area contributed by atoms with Gasteiger partial charge in [-0.15, -0.1) is 0 Å². The van der Waals surface area contributed by atoms with Crippen molar-refractivity contribution in [2.24, 2.45) is 0 Å². The number of hydrogen-bond donors (Lipinski definition) is 0. The Labute approximate surface area is 50.9 Å². The van der Waals surface area contributed by atoms with Gasteiger partial charge >= 0.3 is 12.4 Å². The molecule has 0 bridgehead atoms. The number of rotatable bonds is 2. The van der Waals surface area contributed by atoms with Gasteiger partial charge < -0.3 is 4.74 Å². The van der Waals surface area contributed by atoms with Gasteiger partial charge in [0.2, 0.25) is 0 Å². The molecule has 0 amide bonds. The molecule has 4 heteroatoms. The Morgan fingerprint density at radius 2 is 2.25 bits per heavy atom. The Morgan fingerprint density at radius 3 is 2.38 bits per heavy atom. The summed E-state index contributed by atoms with van der Waals surface area (Å²) in [6.45, 7) is 3.00. The van der Waals surface area contributed by atoms with Crippen molar-refractivity contribution in [2.75, 3.05) is 0 Å². The van der Waals surface area contributed by atoms with E-state index in [2.05, 4.69) is 11.3 Å². The zero-order valence-corrected chi connectivity index (χ0v) is 4.64. The summed E-state index contributed by atoms with van der Waals surface area (Å²) in [6, 6.07) is 0. The monoisotopic (exact) mass is 134 g/mol. The van der Waals surface area contributed by atoms with Crippen LogP contribution in [-0.4, -0.2) is 12.4 Å². The summed E-state index contributed by atoms with van der Waals surface area (Å²) in [6.07, 6.45) is 0. The lowest BCUT2D eigenvalue weighted by molar-refractivity contribution is -0.147. The number of carbonyl (C=O) groups is 2. The summed E-state index contributed by atoms with van der Waals surface area (Å²) in [5.41, 5.74) is 0. The number of hydrogen-bond acceptors (Lipinski definition) is 3. The van der Waals surface area contributed by atoms with Gasteiger partial charge in [-0.1, -0.05) is 18.2 Å². The molecule has 0 atom stereocenters. The van der Waals surface area contributed by atoms with Crippen molar-refractivity contribution in [3.05, 3.63) is 11.6 Å². The molecule has 3 nitrogen and oxygen atoms in total. The normalized spacial score (nSPS) is 7.62. The quantitative estimate of drug-likeness (QED) is 0.238. The molecular formula is C4H3ClO3. The second-order valence-corrected chi connectivity index (χ2v) is 1.36. The molecule has 0 aromatic heterocycles. The summed E-state index contributed by atoms with van der Waals surface area (Å²) < 4.78 is 3.75. The third-order valence-electron chi connectivity index (χ3n) is 0.377. The van der Waals surface area contributed by atoms with Crippen LogP contribution in [0.5, 0.6) is 0 Å². The van der Waals surface area contributed by atoms with Crippen LogP contribution in [0.2, 0.25) is 0 Å². The minimum absolute atomic E-state index is 0.00407. The minimum atomic E-state index is -0.915. The molecule has 0 N–H and O–H groups in total. The average molecular weight is 135 g/mol. The van der Waals surface area contributed by atoms with E-state index in [0.717, 1.165) is 0 Å². The van der Waals surface area contributed by atoms with E-state index in [4.69, 9.17) is 11.6 Å². The molecular weight excluding hydrogens is 131 g/mol. The molecule has 0 spiro atoms. The van der Waals surface area contributed by atoms with Crippen LogP contribution in [0.1, 0.15) is 0 Å². The Balaban J connectivity index is 3.65. The molecule has 0 fully saturated rings. The molecule has 0 aliphatic rings. The van der Waals surface area contributed by atoms with E-state index in [1.54, 1.807) is 0 Å². The third kappa shape index (κ3) is 2.36. The molecule has 0 saturated carbocycles. The van der Waals surface area contributed by atoms with Gasteiger partial charge in [-0.25, -0.2) is 4.79 Å². The van der Waals surface area contributed by atoms with Gasteiger partial charge in [0.1, 0.15) is 5.03 Å². The molecule has 8 heavy (non-hydrogen) atoms. The van der Waals surface area contributed by atoms with Crippen LogP contribution in [0, 0.1) is 0 Å². The second kappa shape index (κ2) is 3.21. The van der Waals surface area contributed by atoms with Crippen LogP contribution < -0.4 is 0 Å². The zero-order valence-electron chi connectivity index (χ0n) is 3.89. The number of esters is 1. The first-order valence-electron chi connectivity index (χ1n) is 1.67. The largest absolute Gasteiger partial charge is 0.391 e. The standard InChI is InChI=1S/C4H3ClO3/c1-3(5)4(7)8-2-6/h2H,1H2. The highest BCUT2D eigenvalue weighted by molar-refractivity contribution is 6.41. The first kappa shape index (κ1) is 7.17. The summed E-state index contributed by atoms with van der Waals surface area (Å²) >= 11 is 4.98. The minimum Gasteiger partial charge on any atom is -0.391 e. The van der Waals surface area contributed by atoms with E-state index in [9.17, 15) is 9.59 Å². The molecule has 0 saturated heterocycles. The lowest BCUT2D eigenvalue weighted by Gasteiger charge is -1.87. The van der Waals surface area contributed by atoms with Crippen LogP contribution in [0.3, 0.4) is 0 Å². The maximum Gasteiger partial charge on any atom is 0.356 e. The molecule has 0 aromatic carbocycles. The average Bonchev–Trinajstić information content (AvgIpc) is 1.67. The van der Waals surface area contributed by atoms with Crippen molar-refractivity contribution in [2.45, 2.75) is 0 Å². The van der Waals surface area contributed by atoms with Crippen molar-refractivity contribution >= 4 is 24.0 Å². The Bertz CT molecular complexity index is 129. The fourth-order valence-corrected chi connectivity index (χ4v) is 0.152. The lowest BCUT2D eigenvalue weighted by Crippen LogP contribution is -2.00. The highest BCUT2D eigenvalue weighted by Gasteiger charge is 2.01. The highest BCUT2D eigenvalue weighted by Crippen LogP contribution is 1.96. The maximum absolute atomic E-state index is 10.1. The highest BCUT2D eigenvalue weighted by atomic mass is 35.5. The number of halogens is 1. The SMILES string of the molecule is C=C(Cl)C(=O)OC=O. The smallest absolute Gasteiger partial charge is 0.356 e. The van der Waals surface area contributed by atoms with Gasteiger partial charge in [-0.3, -0.25) is 4.79 Å². The summed E-state index contributed by atoms with van der Waals surface area (Å²) in [5, 5.41) is -0.308. The summed E-state index contributed by atoms with van der Waals surface area (Å²) in [7, 11) is 0. The molecule has 0 aliphatic carbocycles. The third-order valence-corrected chi connectivity index (χ3v) is 0.531. The maximum atomic E-state index is 10.1. The van der Waals surface area contributed by atoms with Crippen molar-refractivity contribution in [3.8, 4) is 0 Å². The van der Waals surface area contributed by atoms with E-state index in [-0.39, 0.29) is 11.5 Å². The molecule has 0 unspecified atom stereocenters. The van der Waals surface area contributed by atoms with Gasteiger partial charge in [-0.05, 0) is 0 Å². The van der Waals surface area contributed by atoms with E-state index in [0.29, 0.717) is 0 Å². The van der Waals surface area contributed by atoms with Crippen LogP contribution >= 0.6 is 11.6 Å². The Kier molecular flexibility index (Phi) is 2.88. The van der Waals surface area contributed by atoms with Gasteiger partial charge in [0.25, 0.3) is 0 Å². The molecule has 44 valence electrons. The Morgan fingerprint density at radius 1 is 1.75 bits per heavy atom. The van der Waals surface area contributed by atoms with Crippen molar-refractivity contribution in [3.63, 3.8) is 0 Å². The van der Waals surface area contributed by atoms with Gasteiger partial charge in [0, 0.05) is 0 Å². The lowest BCUT2D eigenvalue weighted by atomic mass is 10.7. The zero-order chi connectivity index (χ0) is 6.57. The predicted octanol–water partition coefficient (Wildman–Crippen LogP) is 0.438. The van der Waals surface area contributed by atoms with E-state index >= 15 is 0 Å². The number of carbonyl (C=O) groups excluding carboxylic acids is 2. The van der Waals surface area contributed by atoms with Gasteiger partial charge in [0.15, 0.2) is 0 Å². The summed E-state index contributed by atoms with van der Waals surface area (Å²) in [4.78, 5) is 19.4. The first-order chi connectivity index (χ1) is 3.68. The fraction of sp³-hybridized carbons (Fsp3) is 0. The van der Waals surface area contributed by atoms with Crippen molar-refractivity contribution < 1.29 is 14.3 Å². The van der Waals surface area contributed by atoms with Crippen LogP contribution in [0.4, 0.5) is 0 Å². The second-order valence-electron chi connectivity index (χ2n) is 0.906. The fourth-order valence-electron chi connectivity index (χ4n) is 0.108. The van der Waals surface area contributed by atoms with E-state index < -0.39 is 5.97 Å². The van der Waals surface area contributed by atoms with Crippen molar-refractivity contribution in [1.29, 1.82) is 0 Å². The number of ether oxygens (including phenoxy) is 1. The van der Waals surface area contributed by atoms with E-state index in [1.165, 1.54) is 0 Å². The topological polar surface area (TPSA) is 43.4 Å². The summed E-state index contributed by atoms with van der Waals surface area (Å²) in [5.74, 6) is -0.915. The van der Waals surface area contributed by atoms with Crippen LogP contribution in [0.15, 0.2) is 11.6 Å². The van der Waals surface area contributed by atoms with Crippen LogP contribution in [-0.2, 0) is 14.3 Å². The molecule has 0 aromatic rings. The molecule has 0 heterocycles. The first-order valence-corrected chi connectivity index (χ1v) is 2.05. The van der Waals surface area contributed by atoms with Crippen LogP contribution in [0.25, 0.3) is 0 Å².